The quantitative estimate of drug-likeness (QED) is 0.781. The molecule has 3 heterocycles. The summed E-state index contributed by atoms with van der Waals surface area (Å²) in [5, 5.41) is 15.1. The van der Waals surface area contributed by atoms with Gasteiger partial charge in [0.25, 0.3) is 0 Å². The maximum absolute atomic E-state index is 12.0. The minimum atomic E-state index is -0.897. The molecule has 4 atom stereocenters. The highest BCUT2D eigenvalue weighted by molar-refractivity contribution is 5.87. The minimum Gasteiger partial charge on any atom is -0.478 e. The third-order valence-electron chi connectivity index (χ3n) is 6.13. The average molecular weight is 370 g/mol. The Labute approximate surface area is 159 Å². The summed E-state index contributed by atoms with van der Waals surface area (Å²) < 4.78 is 6.13. The molecule has 27 heavy (non-hydrogen) atoms. The van der Waals surface area contributed by atoms with Gasteiger partial charge in [0.15, 0.2) is 0 Å². The molecule has 1 amide bonds. The lowest BCUT2D eigenvalue weighted by Crippen LogP contribution is -2.33. The summed E-state index contributed by atoms with van der Waals surface area (Å²) in [6.07, 6.45) is 9.09. The lowest BCUT2D eigenvalue weighted by atomic mass is 9.77. The summed E-state index contributed by atoms with van der Waals surface area (Å²) in [6, 6.07) is 7.12. The fourth-order valence-electron chi connectivity index (χ4n) is 4.61. The highest BCUT2D eigenvalue weighted by Gasteiger charge is 2.47. The van der Waals surface area contributed by atoms with Gasteiger partial charge in [0.05, 0.1) is 17.8 Å². The van der Waals surface area contributed by atoms with Gasteiger partial charge in [-0.15, -0.1) is 0 Å². The summed E-state index contributed by atoms with van der Waals surface area (Å²) in [6.45, 7) is 0.720. The number of rotatable bonds is 6. The molecule has 0 aromatic heterocycles. The molecule has 6 heteroatoms. The van der Waals surface area contributed by atoms with Crippen LogP contribution in [0.25, 0.3) is 0 Å². The molecule has 2 bridgehead atoms. The van der Waals surface area contributed by atoms with Crippen LogP contribution in [0.3, 0.4) is 0 Å². The maximum Gasteiger partial charge on any atom is 0.335 e. The SMILES string of the molecule is O=C(O)c1ccc(CC[C@@H]2[C@H](C=NN3CCCCC3=O)[C@@H]3CC[C@H]2O3)cc1. The van der Waals surface area contributed by atoms with E-state index in [9.17, 15) is 9.59 Å². The molecule has 3 saturated heterocycles. The van der Waals surface area contributed by atoms with E-state index < -0.39 is 5.97 Å². The van der Waals surface area contributed by atoms with E-state index in [0.717, 1.165) is 50.6 Å². The van der Waals surface area contributed by atoms with E-state index in [0.29, 0.717) is 17.9 Å². The van der Waals surface area contributed by atoms with Gasteiger partial charge < -0.3 is 9.84 Å². The van der Waals surface area contributed by atoms with Crippen molar-refractivity contribution in [2.75, 3.05) is 6.54 Å². The molecule has 1 aromatic carbocycles. The molecule has 144 valence electrons. The Morgan fingerprint density at radius 3 is 2.74 bits per heavy atom. The third kappa shape index (κ3) is 3.90. The number of aryl methyl sites for hydroxylation is 1. The lowest BCUT2D eigenvalue weighted by molar-refractivity contribution is -0.133. The molecule has 0 aliphatic carbocycles. The van der Waals surface area contributed by atoms with Gasteiger partial charge >= 0.3 is 5.97 Å². The highest BCUT2D eigenvalue weighted by atomic mass is 16.5. The third-order valence-corrected chi connectivity index (χ3v) is 6.13. The minimum absolute atomic E-state index is 0.122. The number of benzene rings is 1. The van der Waals surface area contributed by atoms with Crippen molar-refractivity contribution >= 4 is 18.1 Å². The number of carboxylic acids is 1. The van der Waals surface area contributed by atoms with E-state index in [1.807, 2.05) is 18.3 Å². The van der Waals surface area contributed by atoms with Gasteiger partial charge in [-0.1, -0.05) is 12.1 Å². The molecule has 3 aliphatic heterocycles. The van der Waals surface area contributed by atoms with Gasteiger partial charge in [0.2, 0.25) is 5.91 Å². The largest absolute Gasteiger partial charge is 0.478 e. The lowest BCUT2D eigenvalue weighted by Gasteiger charge is -2.27. The Kier molecular flexibility index (Phi) is 5.25. The molecule has 4 rings (SSSR count). The van der Waals surface area contributed by atoms with Gasteiger partial charge in [0, 0.05) is 25.1 Å². The van der Waals surface area contributed by atoms with E-state index in [-0.39, 0.29) is 24.0 Å². The number of carbonyl (C=O) groups is 2. The van der Waals surface area contributed by atoms with E-state index in [1.165, 1.54) is 0 Å². The molecule has 0 spiro atoms. The number of aromatic carboxylic acids is 1. The number of nitrogens with zero attached hydrogens (tertiary/aromatic N) is 2. The van der Waals surface area contributed by atoms with Gasteiger partial charge in [-0.3, -0.25) is 4.79 Å². The number of amides is 1. The van der Waals surface area contributed by atoms with Crippen LogP contribution in [0.2, 0.25) is 0 Å². The van der Waals surface area contributed by atoms with Crippen LogP contribution in [-0.4, -0.2) is 47.0 Å². The molecular weight excluding hydrogens is 344 g/mol. The number of hydrogen-bond donors (Lipinski definition) is 1. The van der Waals surface area contributed by atoms with Gasteiger partial charge in [-0.25, -0.2) is 9.80 Å². The van der Waals surface area contributed by atoms with Gasteiger partial charge in [-0.05, 0) is 62.1 Å². The normalized spacial score (nSPS) is 30.4. The number of ether oxygens (including phenoxy) is 1. The molecule has 0 radical (unpaired) electrons. The Morgan fingerprint density at radius 2 is 2.00 bits per heavy atom. The monoisotopic (exact) mass is 370 g/mol. The topological polar surface area (TPSA) is 79.2 Å². The first-order valence-corrected chi connectivity index (χ1v) is 9.94. The number of carbonyl (C=O) groups excluding carboxylic acids is 1. The predicted octanol–water partition coefficient (Wildman–Crippen LogP) is 3.11. The van der Waals surface area contributed by atoms with Crippen molar-refractivity contribution in [3.63, 3.8) is 0 Å². The first-order valence-electron chi connectivity index (χ1n) is 9.94. The van der Waals surface area contributed by atoms with E-state index in [2.05, 4.69) is 5.10 Å². The molecule has 6 nitrogen and oxygen atoms in total. The van der Waals surface area contributed by atoms with Crippen molar-refractivity contribution < 1.29 is 19.4 Å². The summed E-state index contributed by atoms with van der Waals surface area (Å²) >= 11 is 0. The van der Waals surface area contributed by atoms with Crippen LogP contribution >= 0.6 is 0 Å². The summed E-state index contributed by atoms with van der Waals surface area (Å²) in [4.78, 5) is 22.9. The summed E-state index contributed by atoms with van der Waals surface area (Å²) in [5.41, 5.74) is 1.46. The maximum atomic E-state index is 12.0. The van der Waals surface area contributed by atoms with Crippen LogP contribution in [0.4, 0.5) is 0 Å². The highest BCUT2D eigenvalue weighted by Crippen LogP contribution is 2.44. The van der Waals surface area contributed by atoms with Crippen LogP contribution in [0, 0.1) is 11.8 Å². The van der Waals surface area contributed by atoms with E-state index in [1.54, 1.807) is 17.1 Å². The fourth-order valence-corrected chi connectivity index (χ4v) is 4.61. The van der Waals surface area contributed by atoms with Crippen molar-refractivity contribution in [1.29, 1.82) is 0 Å². The first kappa shape index (κ1) is 18.2. The van der Waals surface area contributed by atoms with Gasteiger partial charge in [0.1, 0.15) is 0 Å². The van der Waals surface area contributed by atoms with Crippen LogP contribution in [-0.2, 0) is 16.0 Å². The number of fused-ring (bicyclic) bond motifs is 2. The smallest absolute Gasteiger partial charge is 0.335 e. The van der Waals surface area contributed by atoms with E-state index >= 15 is 0 Å². The summed E-state index contributed by atoms with van der Waals surface area (Å²) in [7, 11) is 0. The van der Waals surface area contributed by atoms with Crippen LogP contribution in [0.5, 0.6) is 0 Å². The zero-order valence-corrected chi connectivity index (χ0v) is 15.4. The molecule has 3 aliphatic rings. The van der Waals surface area contributed by atoms with Crippen molar-refractivity contribution in [2.45, 2.75) is 57.2 Å². The van der Waals surface area contributed by atoms with Crippen LogP contribution in [0.1, 0.15) is 54.4 Å². The molecular formula is C21H26N2O4. The second-order valence-electron chi connectivity index (χ2n) is 7.81. The second-order valence-corrected chi connectivity index (χ2v) is 7.81. The number of hydrogen-bond acceptors (Lipinski definition) is 4. The standard InChI is InChI=1S/C21H26N2O4/c24-20-3-1-2-12-23(20)22-13-17-16(18-10-11-19(17)27-18)9-6-14-4-7-15(8-5-14)21(25)26/h4-5,7-8,13,16-19H,1-3,6,9-12H2,(H,25,26)/t16-,17+,18-,19+/m1/s1. The average Bonchev–Trinajstić information content (AvgIpc) is 3.27. The van der Waals surface area contributed by atoms with Crippen molar-refractivity contribution in [3.8, 4) is 0 Å². The zero-order chi connectivity index (χ0) is 18.8. The number of hydrazone groups is 1. The Balaban J connectivity index is 1.39. The van der Waals surface area contributed by atoms with Crippen molar-refractivity contribution in [1.82, 2.24) is 5.01 Å². The fraction of sp³-hybridized carbons (Fsp3) is 0.571. The molecule has 1 aromatic rings. The van der Waals surface area contributed by atoms with Crippen molar-refractivity contribution in [3.05, 3.63) is 35.4 Å². The Bertz CT molecular complexity index is 730. The summed E-state index contributed by atoms with van der Waals surface area (Å²) in [5.74, 6) is -0.105. The molecule has 1 N–H and O–H groups in total. The van der Waals surface area contributed by atoms with Gasteiger partial charge in [-0.2, -0.15) is 5.10 Å². The second kappa shape index (κ2) is 7.80. The van der Waals surface area contributed by atoms with E-state index in [4.69, 9.17) is 9.84 Å². The Morgan fingerprint density at radius 1 is 1.22 bits per heavy atom. The molecule has 0 saturated carbocycles. The van der Waals surface area contributed by atoms with Crippen LogP contribution in [0.15, 0.2) is 29.4 Å². The zero-order valence-electron chi connectivity index (χ0n) is 15.4. The molecule has 3 fully saturated rings. The molecule has 0 unspecified atom stereocenters. The first-order chi connectivity index (χ1) is 13.1. The Hall–Kier alpha value is -2.21. The number of carboxylic acid groups (broad SMARTS) is 1. The van der Waals surface area contributed by atoms with Crippen LogP contribution < -0.4 is 0 Å². The predicted molar refractivity (Wildman–Crippen MR) is 101 cm³/mol. The number of piperidine rings is 1. The van der Waals surface area contributed by atoms with Crippen molar-refractivity contribution in [2.24, 2.45) is 16.9 Å².